The minimum atomic E-state index is -0.355. The van der Waals surface area contributed by atoms with Gasteiger partial charge >= 0.3 is 0 Å². The fourth-order valence-electron chi connectivity index (χ4n) is 2.14. The van der Waals surface area contributed by atoms with Crippen molar-refractivity contribution in [2.45, 2.75) is 18.9 Å². The molecule has 6 nitrogen and oxygen atoms in total. The number of nitrogens with one attached hydrogen (secondary N) is 1. The molecule has 0 bridgehead atoms. The number of carbonyl (C=O) groups is 1. The summed E-state index contributed by atoms with van der Waals surface area (Å²) in [5.74, 6) is 0.253. The largest absolute Gasteiger partial charge is 0.346 e. The monoisotopic (exact) mass is 345 g/mol. The van der Waals surface area contributed by atoms with Crippen molar-refractivity contribution in [1.82, 2.24) is 20.1 Å². The molecule has 0 aliphatic rings. The Morgan fingerprint density at radius 1 is 1.32 bits per heavy atom. The number of carbonyl (C=O) groups excluding carboxylic acids is 1. The molecule has 3 N–H and O–H groups in total. The Bertz CT molecular complexity index is 576. The third-order valence-corrected chi connectivity index (χ3v) is 3.25. The number of hydrogen-bond donors (Lipinski definition) is 2. The van der Waals surface area contributed by atoms with Gasteiger partial charge < -0.3 is 15.6 Å². The highest BCUT2D eigenvalue weighted by Crippen LogP contribution is 2.16. The molecule has 0 saturated carbocycles. The minimum absolute atomic E-state index is 0. The minimum Gasteiger partial charge on any atom is -0.346 e. The molecule has 1 amide bonds. The van der Waals surface area contributed by atoms with Gasteiger partial charge in [0.05, 0.1) is 12.0 Å². The number of hydrogen-bond acceptors (Lipinski definition) is 4. The fraction of sp³-hybridized carbons (Fsp3) is 0.357. The van der Waals surface area contributed by atoms with Crippen molar-refractivity contribution >= 4 is 30.7 Å². The zero-order valence-electron chi connectivity index (χ0n) is 12.5. The van der Waals surface area contributed by atoms with Gasteiger partial charge in [0.25, 0.3) is 0 Å². The lowest BCUT2D eigenvalue weighted by molar-refractivity contribution is -0.123. The molecule has 8 heteroatoms. The van der Waals surface area contributed by atoms with Crippen LogP contribution in [0.25, 0.3) is 0 Å². The number of aromatic nitrogens is 3. The van der Waals surface area contributed by atoms with E-state index in [1.807, 2.05) is 44.3 Å². The lowest BCUT2D eigenvalue weighted by Gasteiger charge is -2.19. The topological polar surface area (TPSA) is 85.8 Å². The molecule has 1 heterocycles. The first-order valence-electron chi connectivity index (χ1n) is 6.52. The Hall–Kier alpha value is -1.63. The molecular weight excluding hydrogens is 325 g/mol. The highest BCUT2D eigenvalue weighted by molar-refractivity contribution is 5.85. The summed E-state index contributed by atoms with van der Waals surface area (Å²) in [6, 6.07) is 9.31. The van der Waals surface area contributed by atoms with E-state index >= 15 is 0 Å². The smallest absolute Gasteiger partial charge is 0.229 e. The van der Waals surface area contributed by atoms with Crippen molar-refractivity contribution in [2.75, 3.05) is 6.54 Å². The molecule has 1 aromatic carbocycles. The molecule has 0 aliphatic carbocycles. The molecule has 122 valence electrons. The third kappa shape index (κ3) is 4.69. The van der Waals surface area contributed by atoms with E-state index in [0.29, 0.717) is 5.82 Å². The number of halogens is 2. The standard InChI is InChI=1S/C14H19N5O.2ClH/c1-10(13-18-16-9-19(13)2)17-14(20)12(8-15)11-6-4-3-5-7-11;;/h3-7,9-10,12H,8,15H2,1-2H3,(H,17,20);2*1H. The first-order valence-corrected chi connectivity index (χ1v) is 6.52. The zero-order chi connectivity index (χ0) is 14.5. The van der Waals surface area contributed by atoms with Crippen molar-refractivity contribution in [3.8, 4) is 0 Å². The molecule has 22 heavy (non-hydrogen) atoms. The molecule has 0 saturated heterocycles. The van der Waals surface area contributed by atoms with Gasteiger partial charge in [-0.15, -0.1) is 35.0 Å². The average Bonchev–Trinajstić information content (AvgIpc) is 2.87. The van der Waals surface area contributed by atoms with Gasteiger partial charge in [-0.25, -0.2) is 0 Å². The van der Waals surface area contributed by atoms with Crippen LogP contribution in [0.1, 0.15) is 30.3 Å². The molecule has 1 aromatic heterocycles. The summed E-state index contributed by atoms with van der Waals surface area (Å²) in [4.78, 5) is 12.3. The molecule has 0 radical (unpaired) electrons. The van der Waals surface area contributed by atoms with Crippen molar-refractivity contribution in [3.63, 3.8) is 0 Å². The van der Waals surface area contributed by atoms with Gasteiger partial charge in [-0.2, -0.15) is 0 Å². The maximum atomic E-state index is 12.3. The van der Waals surface area contributed by atoms with E-state index in [2.05, 4.69) is 15.5 Å². The Morgan fingerprint density at radius 2 is 1.95 bits per heavy atom. The first kappa shape index (κ1) is 20.4. The van der Waals surface area contributed by atoms with Crippen LogP contribution in [0.3, 0.4) is 0 Å². The van der Waals surface area contributed by atoms with Crippen LogP contribution in [-0.2, 0) is 11.8 Å². The zero-order valence-corrected chi connectivity index (χ0v) is 14.1. The second-order valence-electron chi connectivity index (χ2n) is 4.73. The molecule has 2 rings (SSSR count). The molecule has 2 unspecified atom stereocenters. The average molecular weight is 346 g/mol. The van der Waals surface area contributed by atoms with Gasteiger partial charge in [0.2, 0.25) is 5.91 Å². The maximum Gasteiger partial charge on any atom is 0.229 e. The van der Waals surface area contributed by atoms with Crippen LogP contribution in [-0.4, -0.2) is 27.2 Å². The van der Waals surface area contributed by atoms with E-state index < -0.39 is 0 Å². The molecule has 0 aliphatic heterocycles. The van der Waals surface area contributed by atoms with Gasteiger partial charge in [-0.3, -0.25) is 4.79 Å². The summed E-state index contributed by atoms with van der Waals surface area (Å²) < 4.78 is 1.78. The summed E-state index contributed by atoms with van der Waals surface area (Å²) in [5.41, 5.74) is 6.65. The van der Waals surface area contributed by atoms with Crippen molar-refractivity contribution in [2.24, 2.45) is 12.8 Å². The van der Waals surface area contributed by atoms with Gasteiger partial charge in [0.1, 0.15) is 6.33 Å². The van der Waals surface area contributed by atoms with Crippen LogP contribution >= 0.6 is 24.8 Å². The molecule has 2 atom stereocenters. The number of benzene rings is 1. The number of aryl methyl sites for hydroxylation is 1. The van der Waals surface area contributed by atoms with E-state index in [0.717, 1.165) is 5.56 Å². The lowest BCUT2D eigenvalue weighted by atomic mass is 9.98. The summed E-state index contributed by atoms with van der Waals surface area (Å²) in [7, 11) is 1.84. The maximum absolute atomic E-state index is 12.3. The second-order valence-corrected chi connectivity index (χ2v) is 4.73. The fourth-order valence-corrected chi connectivity index (χ4v) is 2.14. The summed E-state index contributed by atoms with van der Waals surface area (Å²) in [6.45, 7) is 2.14. The highest BCUT2D eigenvalue weighted by atomic mass is 35.5. The quantitative estimate of drug-likeness (QED) is 0.861. The molecular formula is C14H21Cl2N5O. The molecule has 0 spiro atoms. The lowest BCUT2D eigenvalue weighted by Crippen LogP contribution is -2.35. The summed E-state index contributed by atoms with van der Waals surface area (Å²) in [6.07, 6.45) is 1.61. The number of amides is 1. The number of nitrogens with zero attached hydrogens (tertiary/aromatic N) is 3. The van der Waals surface area contributed by atoms with E-state index in [9.17, 15) is 4.79 Å². The normalized spacial score (nSPS) is 12.5. The molecule has 2 aromatic rings. The number of nitrogens with two attached hydrogens (primary N) is 1. The Kier molecular flexibility index (Phi) is 8.70. The highest BCUT2D eigenvalue weighted by Gasteiger charge is 2.22. The Balaban J connectivity index is 0.00000220. The van der Waals surface area contributed by atoms with Crippen molar-refractivity contribution in [3.05, 3.63) is 48.0 Å². The van der Waals surface area contributed by atoms with Crippen LogP contribution in [0.4, 0.5) is 0 Å². The van der Waals surface area contributed by atoms with Gasteiger partial charge in [-0.05, 0) is 12.5 Å². The van der Waals surface area contributed by atoms with E-state index in [1.54, 1.807) is 10.9 Å². The van der Waals surface area contributed by atoms with Gasteiger partial charge in [-0.1, -0.05) is 30.3 Å². The van der Waals surface area contributed by atoms with E-state index in [4.69, 9.17) is 5.73 Å². The summed E-state index contributed by atoms with van der Waals surface area (Å²) in [5, 5.41) is 10.7. The van der Waals surface area contributed by atoms with Crippen LogP contribution in [0.2, 0.25) is 0 Å². The van der Waals surface area contributed by atoms with Crippen molar-refractivity contribution < 1.29 is 4.79 Å². The predicted octanol–water partition coefficient (Wildman–Crippen LogP) is 1.58. The van der Waals surface area contributed by atoms with Crippen molar-refractivity contribution in [1.29, 1.82) is 0 Å². The van der Waals surface area contributed by atoms with Gasteiger partial charge in [0.15, 0.2) is 5.82 Å². The van der Waals surface area contributed by atoms with Crippen LogP contribution < -0.4 is 11.1 Å². The van der Waals surface area contributed by atoms with E-state index in [-0.39, 0.29) is 49.2 Å². The van der Waals surface area contributed by atoms with Crippen LogP contribution in [0.15, 0.2) is 36.7 Å². The first-order chi connectivity index (χ1) is 9.63. The predicted molar refractivity (Wildman–Crippen MR) is 90.3 cm³/mol. The SMILES string of the molecule is CC(NC(=O)C(CN)c1ccccc1)c1nncn1C.Cl.Cl. The van der Waals surface area contributed by atoms with Gasteiger partial charge in [0, 0.05) is 13.6 Å². The van der Waals surface area contributed by atoms with Crippen LogP contribution in [0, 0.1) is 0 Å². The second kappa shape index (κ2) is 9.40. The molecule has 0 fully saturated rings. The third-order valence-electron chi connectivity index (χ3n) is 3.25. The Morgan fingerprint density at radius 3 is 2.45 bits per heavy atom. The van der Waals surface area contributed by atoms with E-state index in [1.165, 1.54) is 0 Å². The summed E-state index contributed by atoms with van der Waals surface area (Å²) >= 11 is 0. The number of rotatable bonds is 5. The Labute approximate surface area is 142 Å². The van der Waals surface area contributed by atoms with Crippen LogP contribution in [0.5, 0.6) is 0 Å².